The van der Waals surface area contributed by atoms with Gasteiger partial charge in [0.1, 0.15) is 0 Å². The van der Waals surface area contributed by atoms with E-state index in [1.54, 1.807) is 0 Å². The van der Waals surface area contributed by atoms with E-state index in [9.17, 15) is 4.79 Å². The summed E-state index contributed by atoms with van der Waals surface area (Å²) < 4.78 is 0. The quantitative estimate of drug-likeness (QED) is 0.705. The molecule has 1 unspecified atom stereocenters. The SMILES string of the molecule is CCC(C)(C)C1CCC(=O)/C(=C\c2ccccc2)C1. The van der Waals surface area contributed by atoms with Gasteiger partial charge in [0.15, 0.2) is 5.78 Å². The molecule has 102 valence electrons. The van der Waals surface area contributed by atoms with Crippen LogP contribution in [0.3, 0.4) is 0 Å². The standard InChI is InChI=1S/C18H24O/c1-4-18(2,3)16-10-11-17(19)15(13-16)12-14-8-6-5-7-9-14/h5-9,12,16H,4,10-11,13H2,1-3H3/b15-12-. The van der Waals surface area contributed by atoms with E-state index in [1.807, 2.05) is 18.2 Å². The maximum atomic E-state index is 12.1. The molecule has 2 rings (SSSR count). The van der Waals surface area contributed by atoms with Crippen molar-refractivity contribution in [3.63, 3.8) is 0 Å². The summed E-state index contributed by atoms with van der Waals surface area (Å²) in [7, 11) is 0. The van der Waals surface area contributed by atoms with Crippen LogP contribution in [-0.2, 0) is 4.79 Å². The van der Waals surface area contributed by atoms with Crippen LogP contribution in [0.5, 0.6) is 0 Å². The zero-order valence-corrected chi connectivity index (χ0v) is 12.3. The van der Waals surface area contributed by atoms with Crippen LogP contribution in [0.2, 0.25) is 0 Å². The highest BCUT2D eigenvalue weighted by Crippen LogP contribution is 2.41. The average Bonchev–Trinajstić information content (AvgIpc) is 2.42. The van der Waals surface area contributed by atoms with Crippen molar-refractivity contribution in [2.24, 2.45) is 11.3 Å². The van der Waals surface area contributed by atoms with Crippen LogP contribution in [0.15, 0.2) is 35.9 Å². The van der Waals surface area contributed by atoms with Crippen LogP contribution < -0.4 is 0 Å². The number of Topliss-reactive ketones (excluding diaryl/α,β-unsaturated/α-hetero) is 1. The van der Waals surface area contributed by atoms with Gasteiger partial charge in [-0.15, -0.1) is 0 Å². The molecule has 0 aliphatic heterocycles. The monoisotopic (exact) mass is 256 g/mol. The lowest BCUT2D eigenvalue weighted by Crippen LogP contribution is -2.29. The van der Waals surface area contributed by atoms with Crippen molar-refractivity contribution >= 4 is 11.9 Å². The van der Waals surface area contributed by atoms with Gasteiger partial charge >= 0.3 is 0 Å². The molecule has 0 saturated heterocycles. The molecule has 0 heterocycles. The summed E-state index contributed by atoms with van der Waals surface area (Å²) in [6.45, 7) is 6.90. The van der Waals surface area contributed by atoms with Crippen LogP contribution in [0, 0.1) is 11.3 Å². The third kappa shape index (κ3) is 3.34. The Kier molecular flexibility index (Phi) is 4.24. The second kappa shape index (κ2) is 5.73. The lowest BCUT2D eigenvalue weighted by Gasteiger charge is -2.36. The first-order chi connectivity index (χ1) is 9.03. The molecule has 0 bridgehead atoms. The Bertz CT molecular complexity index is 468. The molecule has 0 spiro atoms. The predicted octanol–water partition coefficient (Wildman–Crippen LogP) is 4.88. The predicted molar refractivity (Wildman–Crippen MR) is 80.8 cm³/mol. The zero-order valence-electron chi connectivity index (χ0n) is 12.3. The molecular formula is C18H24O. The first kappa shape index (κ1) is 14.0. The number of hydrogen-bond donors (Lipinski definition) is 0. The molecule has 1 atom stereocenters. The lowest BCUT2D eigenvalue weighted by atomic mass is 9.68. The Morgan fingerprint density at radius 2 is 1.95 bits per heavy atom. The van der Waals surface area contributed by atoms with Crippen molar-refractivity contribution in [3.8, 4) is 0 Å². The normalized spacial score (nSPS) is 22.8. The van der Waals surface area contributed by atoms with Gasteiger partial charge in [-0.25, -0.2) is 0 Å². The van der Waals surface area contributed by atoms with E-state index < -0.39 is 0 Å². The van der Waals surface area contributed by atoms with Crippen molar-refractivity contribution in [1.82, 2.24) is 0 Å². The molecule has 0 aromatic heterocycles. The molecule has 1 fully saturated rings. The van der Waals surface area contributed by atoms with Gasteiger partial charge in [0, 0.05) is 6.42 Å². The van der Waals surface area contributed by atoms with E-state index in [2.05, 4.69) is 39.0 Å². The molecule has 1 saturated carbocycles. The Balaban J connectivity index is 2.20. The van der Waals surface area contributed by atoms with E-state index in [-0.39, 0.29) is 0 Å². The average molecular weight is 256 g/mol. The molecule has 1 aromatic carbocycles. The van der Waals surface area contributed by atoms with E-state index in [1.165, 1.54) is 6.42 Å². The van der Waals surface area contributed by atoms with E-state index >= 15 is 0 Å². The Labute approximate surface area is 116 Å². The Hall–Kier alpha value is -1.37. The smallest absolute Gasteiger partial charge is 0.158 e. The van der Waals surface area contributed by atoms with Crippen LogP contribution in [-0.4, -0.2) is 5.78 Å². The van der Waals surface area contributed by atoms with Gasteiger partial charge in [-0.2, -0.15) is 0 Å². The summed E-state index contributed by atoms with van der Waals surface area (Å²) in [5.41, 5.74) is 2.49. The van der Waals surface area contributed by atoms with Gasteiger partial charge in [0.05, 0.1) is 0 Å². The summed E-state index contributed by atoms with van der Waals surface area (Å²) in [4.78, 5) is 12.1. The summed E-state index contributed by atoms with van der Waals surface area (Å²) in [6, 6.07) is 10.2. The molecule has 1 aromatic rings. The second-order valence-electron chi connectivity index (χ2n) is 6.29. The van der Waals surface area contributed by atoms with E-state index in [4.69, 9.17) is 0 Å². The Morgan fingerprint density at radius 3 is 2.58 bits per heavy atom. The Morgan fingerprint density at radius 1 is 1.26 bits per heavy atom. The third-order valence-corrected chi connectivity index (χ3v) is 4.70. The number of benzene rings is 1. The second-order valence-corrected chi connectivity index (χ2v) is 6.29. The molecule has 0 N–H and O–H groups in total. The summed E-state index contributed by atoms with van der Waals surface area (Å²) in [5.74, 6) is 0.970. The van der Waals surface area contributed by atoms with Crippen molar-refractivity contribution in [1.29, 1.82) is 0 Å². The number of carbonyl (C=O) groups excluding carboxylic acids is 1. The molecule has 1 nitrogen and oxygen atoms in total. The summed E-state index contributed by atoms with van der Waals surface area (Å²) in [6.07, 6.45) is 5.96. The van der Waals surface area contributed by atoms with Crippen molar-refractivity contribution in [2.45, 2.75) is 46.5 Å². The largest absolute Gasteiger partial charge is 0.295 e. The molecule has 19 heavy (non-hydrogen) atoms. The fourth-order valence-electron chi connectivity index (χ4n) is 2.79. The van der Waals surface area contributed by atoms with Crippen LogP contribution in [0.1, 0.15) is 52.0 Å². The van der Waals surface area contributed by atoms with E-state index in [0.717, 1.165) is 24.0 Å². The third-order valence-electron chi connectivity index (χ3n) is 4.70. The first-order valence-corrected chi connectivity index (χ1v) is 7.32. The van der Waals surface area contributed by atoms with Gasteiger partial charge in [0.25, 0.3) is 0 Å². The highest BCUT2D eigenvalue weighted by atomic mass is 16.1. The van der Waals surface area contributed by atoms with Gasteiger partial charge in [0.2, 0.25) is 0 Å². The van der Waals surface area contributed by atoms with Gasteiger partial charge < -0.3 is 0 Å². The van der Waals surface area contributed by atoms with Crippen molar-refractivity contribution < 1.29 is 4.79 Å². The number of carbonyl (C=O) groups is 1. The van der Waals surface area contributed by atoms with Crippen molar-refractivity contribution in [3.05, 3.63) is 41.5 Å². The number of ketones is 1. The van der Waals surface area contributed by atoms with Gasteiger partial charge in [-0.3, -0.25) is 4.79 Å². The fourth-order valence-corrected chi connectivity index (χ4v) is 2.79. The van der Waals surface area contributed by atoms with Gasteiger partial charge in [-0.05, 0) is 41.4 Å². The highest BCUT2D eigenvalue weighted by Gasteiger charge is 2.33. The van der Waals surface area contributed by atoms with Crippen LogP contribution in [0.25, 0.3) is 6.08 Å². The minimum absolute atomic E-state index is 0.330. The van der Waals surface area contributed by atoms with E-state index in [0.29, 0.717) is 23.5 Å². The summed E-state index contributed by atoms with van der Waals surface area (Å²) in [5, 5.41) is 0. The van der Waals surface area contributed by atoms with Crippen LogP contribution >= 0.6 is 0 Å². The number of hydrogen-bond acceptors (Lipinski definition) is 1. The first-order valence-electron chi connectivity index (χ1n) is 7.32. The number of rotatable bonds is 3. The maximum Gasteiger partial charge on any atom is 0.158 e. The lowest BCUT2D eigenvalue weighted by molar-refractivity contribution is -0.117. The van der Waals surface area contributed by atoms with Crippen LogP contribution in [0.4, 0.5) is 0 Å². The molecule has 1 aliphatic carbocycles. The molecule has 1 aliphatic rings. The minimum Gasteiger partial charge on any atom is -0.295 e. The molecule has 1 heteroatoms. The summed E-state index contributed by atoms with van der Waals surface area (Å²) >= 11 is 0. The molecular weight excluding hydrogens is 232 g/mol. The minimum atomic E-state index is 0.330. The molecule has 0 amide bonds. The zero-order chi connectivity index (χ0) is 13.9. The topological polar surface area (TPSA) is 17.1 Å². The van der Waals surface area contributed by atoms with Crippen molar-refractivity contribution in [2.75, 3.05) is 0 Å². The van der Waals surface area contributed by atoms with Gasteiger partial charge in [-0.1, -0.05) is 57.5 Å². The molecule has 0 radical (unpaired) electrons. The number of allylic oxidation sites excluding steroid dienone is 1. The maximum absolute atomic E-state index is 12.1. The highest BCUT2D eigenvalue weighted by molar-refractivity contribution is 6.00. The fraction of sp³-hybridized carbons (Fsp3) is 0.500.